The smallest absolute Gasteiger partial charge is 0.303 e. The topological polar surface area (TPSA) is 102 Å². The van der Waals surface area contributed by atoms with Crippen molar-refractivity contribution in [3.63, 3.8) is 0 Å². The van der Waals surface area contributed by atoms with Gasteiger partial charge in [-0.05, 0) is 18.8 Å². The van der Waals surface area contributed by atoms with Crippen molar-refractivity contribution in [2.75, 3.05) is 26.2 Å². The lowest BCUT2D eigenvalue weighted by Crippen LogP contribution is -2.45. The molecule has 2 fully saturated rings. The Kier molecular flexibility index (Phi) is 4.61. The van der Waals surface area contributed by atoms with Gasteiger partial charge in [0.1, 0.15) is 0 Å². The van der Waals surface area contributed by atoms with Crippen LogP contribution < -0.4 is 0 Å². The fourth-order valence-corrected chi connectivity index (χ4v) is 3.90. The molecular weight excluding hydrogens is 298 g/mol. The fraction of sp³-hybridized carbons (Fsp3) is 0.733. The first-order valence-corrected chi connectivity index (χ1v) is 8.11. The van der Waals surface area contributed by atoms with Crippen molar-refractivity contribution in [2.24, 2.45) is 5.92 Å². The number of hydrogen-bond donors (Lipinski definition) is 2. The van der Waals surface area contributed by atoms with E-state index in [1.807, 2.05) is 4.90 Å². The second-order valence-electron chi connectivity index (χ2n) is 6.55. The van der Waals surface area contributed by atoms with Gasteiger partial charge in [0, 0.05) is 45.1 Å². The number of aromatic amines is 1. The highest BCUT2D eigenvalue weighted by atomic mass is 16.4. The van der Waals surface area contributed by atoms with E-state index in [1.54, 1.807) is 13.1 Å². The lowest BCUT2D eigenvalue weighted by molar-refractivity contribution is -0.138. The molecule has 8 heteroatoms. The lowest BCUT2D eigenvalue weighted by atomic mass is 9.91. The molecular formula is C15H23N5O3. The van der Waals surface area contributed by atoms with Crippen LogP contribution in [0.5, 0.6) is 0 Å². The van der Waals surface area contributed by atoms with Gasteiger partial charge in [-0.15, -0.1) is 0 Å². The Morgan fingerprint density at radius 1 is 1.35 bits per heavy atom. The van der Waals surface area contributed by atoms with Crippen molar-refractivity contribution in [3.8, 4) is 0 Å². The van der Waals surface area contributed by atoms with Crippen LogP contribution in [-0.4, -0.2) is 74.4 Å². The van der Waals surface area contributed by atoms with Crippen molar-refractivity contribution in [1.29, 1.82) is 0 Å². The molecule has 2 aliphatic heterocycles. The quantitative estimate of drug-likeness (QED) is 0.827. The molecule has 8 nitrogen and oxygen atoms in total. The second kappa shape index (κ2) is 6.66. The zero-order valence-corrected chi connectivity index (χ0v) is 13.3. The van der Waals surface area contributed by atoms with Gasteiger partial charge >= 0.3 is 5.97 Å². The highest BCUT2D eigenvalue weighted by Crippen LogP contribution is 2.36. The van der Waals surface area contributed by atoms with Crippen LogP contribution in [0.2, 0.25) is 0 Å². The zero-order chi connectivity index (χ0) is 16.4. The molecule has 2 aliphatic rings. The Labute approximate surface area is 134 Å². The molecule has 1 aromatic rings. The highest BCUT2D eigenvalue weighted by Gasteiger charge is 2.40. The minimum Gasteiger partial charge on any atom is -0.481 e. The van der Waals surface area contributed by atoms with E-state index in [1.165, 1.54) is 0 Å². The molecule has 3 rings (SSSR count). The Balaban J connectivity index is 1.65. The molecule has 0 bridgehead atoms. The van der Waals surface area contributed by atoms with Gasteiger partial charge in [-0.25, -0.2) is 0 Å². The van der Waals surface area contributed by atoms with E-state index in [0.29, 0.717) is 6.04 Å². The van der Waals surface area contributed by atoms with Crippen molar-refractivity contribution in [1.82, 2.24) is 25.2 Å². The summed E-state index contributed by atoms with van der Waals surface area (Å²) >= 11 is 0. The maximum absolute atomic E-state index is 11.4. The molecule has 0 aromatic carbocycles. The van der Waals surface area contributed by atoms with Gasteiger partial charge in [-0.1, -0.05) is 0 Å². The third-order valence-corrected chi connectivity index (χ3v) is 5.15. The fourth-order valence-electron chi connectivity index (χ4n) is 3.90. The summed E-state index contributed by atoms with van der Waals surface area (Å²) in [5.74, 6) is -0.468. The van der Waals surface area contributed by atoms with E-state index < -0.39 is 5.97 Å². The number of aromatic nitrogens is 3. The molecule has 2 saturated heterocycles. The first-order chi connectivity index (χ1) is 11.0. The van der Waals surface area contributed by atoms with Gasteiger partial charge < -0.3 is 10.0 Å². The minimum atomic E-state index is -0.767. The van der Waals surface area contributed by atoms with Crippen LogP contribution in [0.25, 0.3) is 0 Å². The number of H-pyrrole nitrogens is 1. The normalized spacial score (nSPS) is 26.6. The van der Waals surface area contributed by atoms with E-state index in [4.69, 9.17) is 0 Å². The Hall–Kier alpha value is -1.96. The number of rotatable bonds is 4. The number of piperidine rings is 1. The Morgan fingerprint density at radius 2 is 2.09 bits per heavy atom. The number of amides is 1. The van der Waals surface area contributed by atoms with Crippen LogP contribution >= 0.6 is 0 Å². The largest absolute Gasteiger partial charge is 0.481 e. The number of carboxylic acid groups (broad SMARTS) is 1. The number of likely N-dealkylation sites (tertiary alicyclic amines) is 2. The van der Waals surface area contributed by atoms with Crippen molar-refractivity contribution in [2.45, 2.75) is 38.1 Å². The van der Waals surface area contributed by atoms with E-state index in [2.05, 4.69) is 20.3 Å². The number of carbonyl (C=O) groups is 2. The van der Waals surface area contributed by atoms with E-state index in [0.717, 1.165) is 44.7 Å². The molecule has 2 N–H and O–H groups in total. The third kappa shape index (κ3) is 3.52. The predicted octanol–water partition coefficient (Wildman–Crippen LogP) is 0.306. The van der Waals surface area contributed by atoms with Gasteiger partial charge in [-0.2, -0.15) is 15.4 Å². The summed E-state index contributed by atoms with van der Waals surface area (Å²) < 4.78 is 0. The highest BCUT2D eigenvalue weighted by molar-refractivity contribution is 5.73. The van der Waals surface area contributed by atoms with Crippen molar-refractivity contribution >= 4 is 11.9 Å². The summed E-state index contributed by atoms with van der Waals surface area (Å²) in [6.45, 7) is 4.77. The van der Waals surface area contributed by atoms with Crippen LogP contribution in [0, 0.1) is 5.92 Å². The van der Waals surface area contributed by atoms with Gasteiger partial charge in [0.2, 0.25) is 5.91 Å². The van der Waals surface area contributed by atoms with Crippen LogP contribution in [0.15, 0.2) is 6.20 Å². The van der Waals surface area contributed by atoms with Crippen molar-refractivity contribution < 1.29 is 14.7 Å². The first kappa shape index (κ1) is 15.9. The molecule has 23 heavy (non-hydrogen) atoms. The molecule has 2 atom stereocenters. The molecule has 0 saturated carbocycles. The molecule has 1 amide bonds. The lowest BCUT2D eigenvalue weighted by Gasteiger charge is -2.36. The summed E-state index contributed by atoms with van der Waals surface area (Å²) in [6, 6.07) is 0.416. The van der Waals surface area contributed by atoms with Gasteiger partial charge in [0.15, 0.2) is 0 Å². The first-order valence-electron chi connectivity index (χ1n) is 8.11. The average Bonchev–Trinajstić information content (AvgIpc) is 3.16. The molecule has 0 unspecified atom stereocenters. The molecule has 0 aliphatic carbocycles. The van der Waals surface area contributed by atoms with Crippen LogP contribution in [0.4, 0.5) is 0 Å². The number of nitrogens with zero attached hydrogens (tertiary/aromatic N) is 4. The standard InChI is InChI=1S/C15H23N5O3/c1-10(21)19-4-2-12(3-5-19)20-8-11(6-15(22)23)13(9-20)14-7-16-18-17-14/h7,11-13H,2-6,8-9H2,1H3,(H,22,23)(H,16,17,18)/t11-,13+/m0/s1. The zero-order valence-electron chi connectivity index (χ0n) is 13.3. The van der Waals surface area contributed by atoms with Crippen LogP contribution in [0.3, 0.4) is 0 Å². The van der Waals surface area contributed by atoms with E-state index in [9.17, 15) is 14.7 Å². The summed E-state index contributed by atoms with van der Waals surface area (Å²) in [7, 11) is 0. The number of nitrogens with one attached hydrogen (secondary N) is 1. The molecule has 0 radical (unpaired) electrons. The van der Waals surface area contributed by atoms with E-state index >= 15 is 0 Å². The molecule has 3 heterocycles. The maximum atomic E-state index is 11.4. The summed E-state index contributed by atoms with van der Waals surface area (Å²) in [6.07, 6.45) is 3.75. The summed E-state index contributed by atoms with van der Waals surface area (Å²) in [5, 5.41) is 19.8. The van der Waals surface area contributed by atoms with Gasteiger partial charge in [0.05, 0.1) is 18.3 Å². The monoisotopic (exact) mass is 321 g/mol. The Bertz CT molecular complexity index is 553. The van der Waals surface area contributed by atoms with Gasteiger partial charge in [-0.3, -0.25) is 14.5 Å². The minimum absolute atomic E-state index is 0.0587. The molecule has 1 aromatic heterocycles. The number of carbonyl (C=O) groups excluding carboxylic acids is 1. The number of hydrogen-bond acceptors (Lipinski definition) is 5. The number of carboxylic acids is 1. The molecule has 0 spiro atoms. The average molecular weight is 321 g/mol. The van der Waals surface area contributed by atoms with Gasteiger partial charge in [0.25, 0.3) is 0 Å². The van der Waals surface area contributed by atoms with E-state index in [-0.39, 0.29) is 24.2 Å². The van der Waals surface area contributed by atoms with Crippen LogP contribution in [-0.2, 0) is 9.59 Å². The SMILES string of the molecule is CC(=O)N1CCC(N2C[C@H](CC(=O)O)[C@H](c3cn[nH]n3)C2)CC1. The number of aliphatic carboxylic acids is 1. The summed E-state index contributed by atoms with van der Waals surface area (Å²) in [4.78, 5) is 26.9. The van der Waals surface area contributed by atoms with Crippen molar-refractivity contribution in [3.05, 3.63) is 11.9 Å². The third-order valence-electron chi connectivity index (χ3n) is 5.15. The Morgan fingerprint density at radius 3 is 2.65 bits per heavy atom. The molecule has 126 valence electrons. The summed E-state index contributed by atoms with van der Waals surface area (Å²) in [5.41, 5.74) is 0.847. The predicted molar refractivity (Wildman–Crippen MR) is 81.7 cm³/mol. The second-order valence-corrected chi connectivity index (χ2v) is 6.55. The maximum Gasteiger partial charge on any atom is 0.303 e. The van der Waals surface area contributed by atoms with Crippen LogP contribution in [0.1, 0.15) is 37.8 Å².